The summed E-state index contributed by atoms with van der Waals surface area (Å²) in [5.41, 5.74) is 3.77. The van der Waals surface area contributed by atoms with Crippen molar-refractivity contribution in [2.24, 2.45) is 21.8 Å². The van der Waals surface area contributed by atoms with E-state index in [1.54, 1.807) is 12.1 Å². The number of furan rings is 1. The van der Waals surface area contributed by atoms with Gasteiger partial charge in [0, 0.05) is 24.1 Å². The van der Waals surface area contributed by atoms with Crippen molar-refractivity contribution in [2.45, 2.75) is 52.9 Å². The first-order chi connectivity index (χ1) is 13.7. The second kappa shape index (κ2) is 8.39. The molecule has 2 saturated carbocycles. The summed E-state index contributed by atoms with van der Waals surface area (Å²) >= 11 is 0. The molecule has 8 nitrogen and oxygen atoms in total. The zero-order chi connectivity index (χ0) is 21.1. The first-order valence-electron chi connectivity index (χ1n) is 10.1. The van der Waals surface area contributed by atoms with Gasteiger partial charge in [-0.05, 0) is 49.1 Å². The van der Waals surface area contributed by atoms with Crippen LogP contribution in [0.25, 0.3) is 0 Å². The Balaban J connectivity index is 1.32. The third kappa shape index (κ3) is 4.36. The van der Waals surface area contributed by atoms with Crippen molar-refractivity contribution in [2.75, 3.05) is 13.2 Å². The first kappa shape index (κ1) is 21.1. The van der Waals surface area contributed by atoms with Crippen LogP contribution in [0.5, 0.6) is 0 Å². The topological polar surface area (TPSA) is 110 Å². The van der Waals surface area contributed by atoms with Gasteiger partial charge in [-0.15, -0.1) is 0 Å². The number of ether oxygens (including phenoxy) is 1. The van der Waals surface area contributed by atoms with E-state index >= 15 is 0 Å². The number of hydrogen-bond acceptors (Lipinski definition) is 6. The van der Waals surface area contributed by atoms with Crippen molar-refractivity contribution in [3.63, 3.8) is 0 Å². The van der Waals surface area contributed by atoms with Crippen LogP contribution in [0.1, 0.15) is 63.4 Å². The number of hydrogen-bond donors (Lipinski definition) is 2. The molecule has 0 aliphatic heterocycles. The largest absolute Gasteiger partial charge is 0.459 e. The van der Waals surface area contributed by atoms with Crippen LogP contribution in [0.2, 0.25) is 0 Å². The molecule has 3 rings (SSSR count). The Morgan fingerprint density at radius 2 is 2.10 bits per heavy atom. The van der Waals surface area contributed by atoms with E-state index < -0.39 is 11.9 Å². The van der Waals surface area contributed by atoms with Crippen molar-refractivity contribution in [1.29, 1.82) is 0 Å². The minimum atomic E-state index is -0.493. The van der Waals surface area contributed by atoms with Crippen LogP contribution in [0.15, 0.2) is 27.9 Å². The lowest BCUT2D eigenvalue weighted by atomic mass is 9.70. The number of nitrogens with zero attached hydrogens (tertiary/aromatic N) is 1. The average molecular weight is 403 g/mol. The summed E-state index contributed by atoms with van der Waals surface area (Å²) in [6.07, 6.45) is 5.13. The number of esters is 1. The van der Waals surface area contributed by atoms with E-state index in [9.17, 15) is 14.4 Å². The summed E-state index contributed by atoms with van der Waals surface area (Å²) in [6.45, 7) is 6.71. The maximum atomic E-state index is 12.0. The van der Waals surface area contributed by atoms with Gasteiger partial charge in [0.2, 0.25) is 0 Å². The fraction of sp³-hybridized carbons (Fsp3) is 0.619. The Kier molecular flexibility index (Phi) is 6.10. The molecular weight excluding hydrogens is 374 g/mol. The number of hydrazone groups is 1. The molecule has 2 atom stereocenters. The summed E-state index contributed by atoms with van der Waals surface area (Å²) in [5, 5.41) is 6.98. The third-order valence-electron chi connectivity index (χ3n) is 6.78. The van der Waals surface area contributed by atoms with Gasteiger partial charge in [-0.1, -0.05) is 20.8 Å². The maximum absolute atomic E-state index is 12.0. The summed E-state index contributed by atoms with van der Waals surface area (Å²) in [4.78, 5) is 35.4. The number of carbonyl (C=O) groups is 3. The minimum absolute atomic E-state index is 0.0156. The zero-order valence-electron chi connectivity index (χ0n) is 17.2. The van der Waals surface area contributed by atoms with Crippen LogP contribution in [-0.4, -0.2) is 36.6 Å². The van der Waals surface area contributed by atoms with Gasteiger partial charge in [0.15, 0.2) is 12.4 Å². The highest BCUT2D eigenvalue weighted by Crippen LogP contribution is 2.63. The molecule has 1 heterocycles. The monoisotopic (exact) mass is 403 g/mol. The van der Waals surface area contributed by atoms with E-state index in [1.807, 2.05) is 0 Å². The van der Waals surface area contributed by atoms with E-state index in [0.717, 1.165) is 18.6 Å². The second-order valence-electron chi connectivity index (χ2n) is 8.58. The van der Waals surface area contributed by atoms with Gasteiger partial charge in [0.1, 0.15) is 0 Å². The maximum Gasteiger partial charge on any atom is 0.306 e. The van der Waals surface area contributed by atoms with Gasteiger partial charge < -0.3 is 14.5 Å². The number of rotatable bonds is 8. The predicted molar refractivity (Wildman–Crippen MR) is 106 cm³/mol. The normalized spacial score (nSPS) is 25.8. The lowest BCUT2D eigenvalue weighted by Gasteiger charge is -2.34. The van der Waals surface area contributed by atoms with Gasteiger partial charge in [-0.2, -0.15) is 5.10 Å². The molecule has 2 amide bonds. The van der Waals surface area contributed by atoms with Crippen molar-refractivity contribution in [3.8, 4) is 0 Å². The highest BCUT2D eigenvalue weighted by molar-refractivity contribution is 5.95. The molecule has 0 spiro atoms. The van der Waals surface area contributed by atoms with Gasteiger partial charge in [-0.3, -0.25) is 14.4 Å². The highest BCUT2D eigenvalue weighted by Gasteiger charge is 2.60. The van der Waals surface area contributed by atoms with E-state index in [0.29, 0.717) is 18.9 Å². The molecule has 0 radical (unpaired) electrons. The molecule has 0 unspecified atom stereocenters. The molecule has 8 heteroatoms. The van der Waals surface area contributed by atoms with Crippen LogP contribution < -0.4 is 10.7 Å². The van der Waals surface area contributed by atoms with Gasteiger partial charge in [-0.25, -0.2) is 5.43 Å². The Bertz CT molecular complexity index is 799. The van der Waals surface area contributed by atoms with Crippen LogP contribution >= 0.6 is 0 Å². The van der Waals surface area contributed by atoms with Crippen LogP contribution in [0, 0.1) is 16.7 Å². The van der Waals surface area contributed by atoms with Crippen LogP contribution in [0.3, 0.4) is 0 Å². The Morgan fingerprint density at radius 1 is 1.31 bits per heavy atom. The third-order valence-corrected chi connectivity index (χ3v) is 6.78. The first-order valence-corrected chi connectivity index (χ1v) is 10.1. The zero-order valence-corrected chi connectivity index (χ0v) is 17.2. The van der Waals surface area contributed by atoms with E-state index in [1.165, 1.54) is 12.7 Å². The summed E-state index contributed by atoms with van der Waals surface area (Å²) in [5.74, 6) is -0.443. The average Bonchev–Trinajstić information content (AvgIpc) is 3.34. The minimum Gasteiger partial charge on any atom is -0.459 e. The lowest BCUT2D eigenvalue weighted by molar-refractivity contribution is -0.148. The SMILES string of the molecule is CC1(C)[C@H]2CC[C@]1(C)C(=NNC(=O)COC(=O)CCCNC(=O)c1ccco1)C2. The molecule has 158 valence electrons. The van der Waals surface area contributed by atoms with Crippen molar-refractivity contribution in [3.05, 3.63) is 24.2 Å². The molecular formula is C21H29N3O5. The molecule has 29 heavy (non-hydrogen) atoms. The summed E-state index contributed by atoms with van der Waals surface area (Å²) in [7, 11) is 0. The summed E-state index contributed by atoms with van der Waals surface area (Å²) < 4.78 is 9.95. The van der Waals surface area contributed by atoms with Crippen molar-refractivity contribution < 1.29 is 23.5 Å². The Hall–Kier alpha value is -2.64. The molecule has 0 saturated heterocycles. The van der Waals surface area contributed by atoms with E-state index in [-0.39, 0.29) is 35.5 Å². The fourth-order valence-corrected chi connectivity index (χ4v) is 4.41. The lowest BCUT2D eigenvalue weighted by Crippen LogP contribution is -2.35. The van der Waals surface area contributed by atoms with Gasteiger partial charge >= 0.3 is 5.97 Å². The quantitative estimate of drug-likeness (QED) is 0.394. The molecule has 2 bridgehead atoms. The van der Waals surface area contributed by atoms with Crippen LogP contribution in [0.4, 0.5) is 0 Å². The van der Waals surface area contributed by atoms with Crippen molar-refractivity contribution in [1.82, 2.24) is 10.7 Å². The molecule has 1 aromatic heterocycles. The van der Waals surface area contributed by atoms with E-state index in [2.05, 4.69) is 36.6 Å². The van der Waals surface area contributed by atoms with Gasteiger partial charge in [0.25, 0.3) is 11.8 Å². The highest BCUT2D eigenvalue weighted by atomic mass is 16.5. The Labute approximate surface area is 170 Å². The van der Waals surface area contributed by atoms with Gasteiger partial charge in [0.05, 0.1) is 6.26 Å². The molecule has 0 aromatic carbocycles. The molecule has 2 aliphatic carbocycles. The second-order valence-corrected chi connectivity index (χ2v) is 8.58. The van der Waals surface area contributed by atoms with E-state index in [4.69, 9.17) is 9.15 Å². The Morgan fingerprint density at radius 3 is 2.72 bits per heavy atom. The van der Waals surface area contributed by atoms with Crippen LogP contribution in [-0.2, 0) is 14.3 Å². The number of nitrogens with one attached hydrogen (secondary N) is 2. The predicted octanol–water partition coefficient (Wildman–Crippen LogP) is 2.65. The number of carbonyl (C=O) groups excluding carboxylic acids is 3. The standard InChI is InChI=1S/C21H29N3O5/c1-20(2)14-8-9-21(20,3)16(12-14)23-24-17(25)13-29-18(26)7-4-10-22-19(27)15-6-5-11-28-15/h5-6,11,14H,4,7-10,12-13H2,1-3H3,(H,22,27)(H,24,25)/t14-,21+/m0/s1. The fourth-order valence-electron chi connectivity index (χ4n) is 4.41. The molecule has 1 aromatic rings. The number of fused-ring (bicyclic) bond motifs is 2. The molecule has 2 fully saturated rings. The molecule has 2 aliphatic rings. The smallest absolute Gasteiger partial charge is 0.306 e. The number of amides is 2. The molecule has 2 N–H and O–H groups in total. The summed E-state index contributed by atoms with van der Waals surface area (Å²) in [6, 6.07) is 3.18. The van der Waals surface area contributed by atoms with Crippen molar-refractivity contribution >= 4 is 23.5 Å².